The number of hydrogen-bond donors (Lipinski definition) is 2. The highest BCUT2D eigenvalue weighted by Crippen LogP contribution is 2.41. The molecule has 0 bridgehead atoms. The lowest BCUT2D eigenvalue weighted by Gasteiger charge is -2.41. The van der Waals surface area contributed by atoms with Crippen LogP contribution in [0, 0.1) is 17.2 Å². The average molecular weight is 414 g/mol. The summed E-state index contributed by atoms with van der Waals surface area (Å²) in [5.74, 6) is 0.194. The standard InChI is InChI=1S/C22H31N5O3/c1-14(2)30-22(29)26-13-15(3)27(21(28)16-4-5-16)19-7-6-17(10-20(19)26)18(11-24)12-25-9-8-23/h6-7,10,14-16,18,25H,4-5,9,11-13,24H2,1-3H3/t15-,18?/m0/s1. The van der Waals surface area contributed by atoms with E-state index in [-0.39, 0.29) is 36.4 Å². The van der Waals surface area contributed by atoms with Gasteiger partial charge in [0.25, 0.3) is 0 Å². The molecule has 3 N–H and O–H groups in total. The molecule has 1 aromatic carbocycles. The SMILES string of the molecule is CC(C)OC(=O)N1C[C@H](C)N(C(=O)C2CC2)c2ccc(C(CN)CNCC#N)cc21. The number of amides is 2. The number of carbonyl (C=O) groups is 2. The van der Waals surface area contributed by atoms with Crippen LogP contribution in [0.3, 0.4) is 0 Å². The summed E-state index contributed by atoms with van der Waals surface area (Å²) in [5.41, 5.74) is 8.33. The molecule has 0 spiro atoms. The Labute approximate surface area is 177 Å². The molecule has 3 rings (SSSR count). The first-order valence-electron chi connectivity index (χ1n) is 10.6. The number of benzene rings is 1. The molecule has 1 unspecified atom stereocenters. The van der Waals surface area contributed by atoms with Crippen molar-refractivity contribution in [2.24, 2.45) is 11.7 Å². The van der Waals surface area contributed by atoms with Crippen molar-refractivity contribution in [3.63, 3.8) is 0 Å². The second-order valence-corrected chi connectivity index (χ2v) is 8.34. The van der Waals surface area contributed by atoms with Gasteiger partial charge in [-0.3, -0.25) is 9.69 Å². The van der Waals surface area contributed by atoms with E-state index in [0.29, 0.717) is 25.3 Å². The van der Waals surface area contributed by atoms with Crippen molar-refractivity contribution in [3.8, 4) is 6.07 Å². The lowest BCUT2D eigenvalue weighted by molar-refractivity contribution is -0.120. The summed E-state index contributed by atoms with van der Waals surface area (Å²) >= 11 is 0. The third kappa shape index (κ3) is 4.74. The predicted octanol–water partition coefficient (Wildman–Crippen LogP) is 2.34. The molecule has 1 aromatic rings. The van der Waals surface area contributed by atoms with Gasteiger partial charge in [-0.2, -0.15) is 5.26 Å². The van der Waals surface area contributed by atoms with Gasteiger partial charge < -0.3 is 20.7 Å². The molecule has 0 radical (unpaired) electrons. The van der Waals surface area contributed by atoms with E-state index in [1.165, 1.54) is 0 Å². The van der Waals surface area contributed by atoms with Crippen LogP contribution in [0.1, 0.15) is 45.1 Å². The van der Waals surface area contributed by atoms with E-state index < -0.39 is 6.09 Å². The molecular weight excluding hydrogens is 382 g/mol. The summed E-state index contributed by atoms with van der Waals surface area (Å²) in [4.78, 5) is 29.3. The zero-order valence-corrected chi connectivity index (χ0v) is 17.9. The summed E-state index contributed by atoms with van der Waals surface area (Å²) in [6, 6.07) is 7.72. The van der Waals surface area contributed by atoms with Crippen LogP contribution < -0.4 is 20.9 Å². The number of nitriles is 1. The molecule has 2 aliphatic rings. The number of carbonyl (C=O) groups excluding carboxylic acids is 2. The van der Waals surface area contributed by atoms with Crippen LogP contribution in [0.15, 0.2) is 18.2 Å². The van der Waals surface area contributed by atoms with E-state index in [1.807, 2.05) is 43.9 Å². The fourth-order valence-corrected chi connectivity index (χ4v) is 3.84. The Balaban J connectivity index is 1.98. The van der Waals surface area contributed by atoms with Crippen LogP contribution in [-0.4, -0.2) is 50.3 Å². The first kappa shape index (κ1) is 22.1. The van der Waals surface area contributed by atoms with E-state index in [1.54, 1.807) is 4.90 Å². The molecule has 0 aromatic heterocycles. The summed E-state index contributed by atoms with van der Waals surface area (Å²) in [6.07, 6.45) is 1.20. The molecule has 1 saturated carbocycles. The van der Waals surface area contributed by atoms with Crippen LogP contribution in [0.25, 0.3) is 0 Å². The normalized spacial score (nSPS) is 19.3. The van der Waals surface area contributed by atoms with Crippen LogP contribution in [0.5, 0.6) is 0 Å². The monoisotopic (exact) mass is 413 g/mol. The second-order valence-electron chi connectivity index (χ2n) is 8.34. The first-order valence-corrected chi connectivity index (χ1v) is 10.6. The Kier molecular flexibility index (Phi) is 6.95. The maximum Gasteiger partial charge on any atom is 0.414 e. The van der Waals surface area contributed by atoms with Crippen molar-refractivity contribution >= 4 is 23.4 Å². The minimum atomic E-state index is -0.416. The van der Waals surface area contributed by atoms with Crippen molar-refractivity contribution in [2.45, 2.75) is 51.7 Å². The molecule has 1 aliphatic heterocycles. The van der Waals surface area contributed by atoms with Crippen molar-refractivity contribution in [3.05, 3.63) is 23.8 Å². The largest absolute Gasteiger partial charge is 0.446 e. The Morgan fingerprint density at radius 2 is 2.07 bits per heavy atom. The Hall–Kier alpha value is -2.63. The molecule has 1 aliphatic carbocycles. The summed E-state index contributed by atoms with van der Waals surface area (Å²) < 4.78 is 5.47. The highest BCUT2D eigenvalue weighted by atomic mass is 16.6. The fourth-order valence-electron chi connectivity index (χ4n) is 3.84. The predicted molar refractivity (Wildman–Crippen MR) is 115 cm³/mol. The molecule has 8 heteroatoms. The summed E-state index contributed by atoms with van der Waals surface area (Å²) in [7, 11) is 0. The topological polar surface area (TPSA) is 112 Å². The quantitative estimate of drug-likeness (QED) is 0.524. The highest BCUT2D eigenvalue weighted by molar-refractivity contribution is 6.04. The smallest absolute Gasteiger partial charge is 0.414 e. The van der Waals surface area contributed by atoms with Gasteiger partial charge in [0.05, 0.1) is 36.1 Å². The van der Waals surface area contributed by atoms with Crippen LogP contribution in [0.4, 0.5) is 16.2 Å². The van der Waals surface area contributed by atoms with Gasteiger partial charge in [-0.15, -0.1) is 0 Å². The van der Waals surface area contributed by atoms with E-state index >= 15 is 0 Å². The Bertz CT molecular complexity index is 831. The van der Waals surface area contributed by atoms with Crippen molar-refractivity contribution < 1.29 is 14.3 Å². The first-order chi connectivity index (χ1) is 14.4. The van der Waals surface area contributed by atoms with Crippen molar-refractivity contribution in [1.29, 1.82) is 5.26 Å². The van der Waals surface area contributed by atoms with Gasteiger partial charge in [-0.25, -0.2) is 4.79 Å². The number of rotatable bonds is 7. The minimum Gasteiger partial charge on any atom is -0.446 e. The van der Waals surface area contributed by atoms with Crippen LogP contribution >= 0.6 is 0 Å². The average Bonchev–Trinajstić information content (AvgIpc) is 3.55. The zero-order chi connectivity index (χ0) is 21.8. The van der Waals surface area contributed by atoms with Crippen molar-refractivity contribution in [2.75, 3.05) is 36.0 Å². The van der Waals surface area contributed by atoms with E-state index in [4.69, 9.17) is 15.7 Å². The van der Waals surface area contributed by atoms with Gasteiger partial charge in [-0.05, 0) is 51.3 Å². The van der Waals surface area contributed by atoms with E-state index in [9.17, 15) is 9.59 Å². The molecule has 8 nitrogen and oxygen atoms in total. The molecule has 2 amide bonds. The van der Waals surface area contributed by atoms with Gasteiger partial charge >= 0.3 is 6.09 Å². The summed E-state index contributed by atoms with van der Waals surface area (Å²) in [5, 5.41) is 11.8. The molecule has 1 fully saturated rings. The maximum absolute atomic E-state index is 13.0. The lowest BCUT2D eigenvalue weighted by Crippen LogP contribution is -2.52. The molecule has 162 valence electrons. The molecular formula is C22H31N5O3. The second kappa shape index (κ2) is 9.45. The zero-order valence-electron chi connectivity index (χ0n) is 17.9. The fraction of sp³-hybridized carbons (Fsp3) is 0.591. The van der Waals surface area contributed by atoms with E-state index in [2.05, 4.69) is 11.4 Å². The third-order valence-electron chi connectivity index (χ3n) is 5.51. The Morgan fingerprint density at radius 1 is 1.33 bits per heavy atom. The summed E-state index contributed by atoms with van der Waals surface area (Å²) in [6.45, 7) is 7.17. The number of anilines is 2. The molecule has 2 atom stereocenters. The van der Waals surface area contributed by atoms with Gasteiger partial charge in [0.1, 0.15) is 0 Å². The van der Waals surface area contributed by atoms with Gasteiger partial charge in [-0.1, -0.05) is 6.07 Å². The highest BCUT2D eigenvalue weighted by Gasteiger charge is 2.41. The lowest BCUT2D eigenvalue weighted by atomic mass is 9.96. The van der Waals surface area contributed by atoms with Crippen LogP contribution in [-0.2, 0) is 9.53 Å². The van der Waals surface area contributed by atoms with Gasteiger partial charge in [0, 0.05) is 31.5 Å². The number of hydrogen-bond acceptors (Lipinski definition) is 6. The minimum absolute atomic E-state index is 0.0152. The molecule has 1 heterocycles. The third-order valence-corrected chi connectivity index (χ3v) is 5.51. The van der Waals surface area contributed by atoms with Gasteiger partial charge in [0.2, 0.25) is 5.91 Å². The molecule has 0 saturated heterocycles. The van der Waals surface area contributed by atoms with Gasteiger partial charge in [0.15, 0.2) is 0 Å². The Morgan fingerprint density at radius 3 is 2.67 bits per heavy atom. The maximum atomic E-state index is 13.0. The molecule has 30 heavy (non-hydrogen) atoms. The van der Waals surface area contributed by atoms with E-state index in [0.717, 1.165) is 24.1 Å². The number of nitrogens with one attached hydrogen (secondary N) is 1. The number of nitrogens with two attached hydrogens (primary N) is 1. The number of fused-ring (bicyclic) bond motifs is 1. The number of ether oxygens (including phenoxy) is 1. The van der Waals surface area contributed by atoms with Crippen molar-refractivity contribution in [1.82, 2.24) is 5.32 Å². The van der Waals surface area contributed by atoms with Crippen LogP contribution in [0.2, 0.25) is 0 Å². The number of nitrogens with zero attached hydrogens (tertiary/aromatic N) is 3.